The van der Waals surface area contributed by atoms with Crippen molar-refractivity contribution in [3.05, 3.63) is 0 Å². The molecule has 4 unspecified atom stereocenters. The van der Waals surface area contributed by atoms with Crippen molar-refractivity contribution in [2.24, 2.45) is 17.8 Å². The average Bonchev–Trinajstić information content (AvgIpc) is 2.54. The van der Waals surface area contributed by atoms with Crippen molar-refractivity contribution in [3.8, 4) is 0 Å². The molecule has 4 atom stereocenters. The predicted molar refractivity (Wildman–Crippen MR) is 68.9 cm³/mol. The molecule has 0 aromatic rings. The molecule has 17 heavy (non-hydrogen) atoms. The van der Waals surface area contributed by atoms with Gasteiger partial charge in [-0.3, -0.25) is 4.79 Å². The minimum Gasteiger partial charge on any atom is -0.375 e. The van der Waals surface area contributed by atoms with Gasteiger partial charge in [0.2, 0.25) is 0 Å². The Morgan fingerprint density at radius 3 is 2.24 bits per heavy atom. The lowest BCUT2D eigenvalue weighted by molar-refractivity contribution is -0.126. The van der Waals surface area contributed by atoms with Crippen LogP contribution in [-0.2, 0) is 9.53 Å². The summed E-state index contributed by atoms with van der Waals surface area (Å²) in [7, 11) is 0. The van der Waals surface area contributed by atoms with Crippen molar-refractivity contribution in [2.45, 2.75) is 71.5 Å². The van der Waals surface area contributed by atoms with E-state index in [1.54, 1.807) is 0 Å². The first-order valence-corrected chi connectivity index (χ1v) is 7.27. The third kappa shape index (κ3) is 2.90. The van der Waals surface area contributed by atoms with E-state index in [-0.39, 0.29) is 18.1 Å². The van der Waals surface area contributed by atoms with E-state index in [9.17, 15) is 4.79 Å². The van der Waals surface area contributed by atoms with Crippen LogP contribution in [0.2, 0.25) is 0 Å². The third-order valence-corrected chi connectivity index (χ3v) is 4.83. The molecule has 1 aliphatic carbocycles. The summed E-state index contributed by atoms with van der Waals surface area (Å²) in [6.07, 6.45) is 7.69. The largest absolute Gasteiger partial charge is 0.375 e. The number of rotatable bonds is 3. The Labute approximate surface area is 105 Å². The molecule has 2 fully saturated rings. The second-order valence-electron chi connectivity index (χ2n) is 6.11. The molecule has 0 spiro atoms. The molecule has 98 valence electrons. The number of Topliss-reactive ketones (excluding diaryl/α,β-unsaturated/α-hetero) is 1. The van der Waals surface area contributed by atoms with Crippen LogP contribution in [0.1, 0.15) is 59.3 Å². The maximum Gasteiger partial charge on any atom is 0.139 e. The van der Waals surface area contributed by atoms with E-state index in [2.05, 4.69) is 20.8 Å². The third-order valence-electron chi connectivity index (χ3n) is 4.83. The van der Waals surface area contributed by atoms with Gasteiger partial charge >= 0.3 is 0 Å². The van der Waals surface area contributed by atoms with E-state index in [4.69, 9.17) is 4.74 Å². The number of ketones is 1. The molecular formula is C15H26O2. The fourth-order valence-electron chi connectivity index (χ4n) is 3.63. The highest BCUT2D eigenvalue weighted by molar-refractivity contribution is 5.82. The van der Waals surface area contributed by atoms with E-state index in [1.165, 1.54) is 32.1 Å². The highest BCUT2D eigenvalue weighted by Crippen LogP contribution is 2.36. The normalized spacial score (nSPS) is 39.5. The Bertz CT molecular complexity index is 268. The molecule has 2 rings (SSSR count). The van der Waals surface area contributed by atoms with Gasteiger partial charge < -0.3 is 4.74 Å². The van der Waals surface area contributed by atoms with Gasteiger partial charge in [-0.25, -0.2) is 0 Å². The lowest BCUT2D eigenvalue weighted by Crippen LogP contribution is -2.28. The summed E-state index contributed by atoms with van der Waals surface area (Å²) in [5.41, 5.74) is 0. The molecule has 2 aliphatic rings. The molecule has 0 N–H and O–H groups in total. The molecule has 1 saturated heterocycles. The molecule has 2 heteroatoms. The van der Waals surface area contributed by atoms with Crippen molar-refractivity contribution < 1.29 is 9.53 Å². The second-order valence-corrected chi connectivity index (χ2v) is 6.11. The molecule has 1 saturated carbocycles. The van der Waals surface area contributed by atoms with Crippen molar-refractivity contribution in [2.75, 3.05) is 0 Å². The standard InChI is InChI=1S/C15H26O2/c1-10-11(2)17-12(3)15(10)14(16)9-13-7-5-4-6-8-13/h10-13,15H,4-9H2,1-3H3. The van der Waals surface area contributed by atoms with Gasteiger partial charge in [-0.2, -0.15) is 0 Å². The van der Waals surface area contributed by atoms with Crippen LogP contribution in [0.4, 0.5) is 0 Å². The average molecular weight is 238 g/mol. The SMILES string of the molecule is CC1OC(C)C(C(=O)CC2CCCCC2)C1C. The second kappa shape index (κ2) is 5.51. The van der Waals surface area contributed by atoms with Gasteiger partial charge in [0.05, 0.1) is 12.2 Å². The van der Waals surface area contributed by atoms with Gasteiger partial charge in [-0.05, 0) is 25.7 Å². The van der Waals surface area contributed by atoms with Gasteiger partial charge in [-0.1, -0.05) is 39.0 Å². The zero-order valence-electron chi connectivity index (χ0n) is 11.4. The minimum atomic E-state index is 0.121. The van der Waals surface area contributed by atoms with Crippen LogP contribution in [0.25, 0.3) is 0 Å². The zero-order chi connectivity index (χ0) is 12.4. The molecule has 0 amide bonds. The highest BCUT2D eigenvalue weighted by Gasteiger charge is 2.41. The number of carbonyl (C=O) groups is 1. The van der Waals surface area contributed by atoms with Gasteiger partial charge in [0.15, 0.2) is 0 Å². The van der Waals surface area contributed by atoms with Crippen LogP contribution in [0.3, 0.4) is 0 Å². The van der Waals surface area contributed by atoms with Gasteiger partial charge in [0.1, 0.15) is 5.78 Å². The molecule has 0 bridgehead atoms. The number of ether oxygens (including phenoxy) is 1. The van der Waals surface area contributed by atoms with Crippen LogP contribution < -0.4 is 0 Å². The highest BCUT2D eigenvalue weighted by atomic mass is 16.5. The summed E-state index contributed by atoms with van der Waals surface area (Å²) in [5, 5.41) is 0. The summed E-state index contributed by atoms with van der Waals surface area (Å²) in [5.74, 6) is 1.65. The van der Waals surface area contributed by atoms with Gasteiger partial charge in [0.25, 0.3) is 0 Å². The lowest BCUT2D eigenvalue weighted by atomic mass is 9.79. The smallest absolute Gasteiger partial charge is 0.139 e. The van der Waals surface area contributed by atoms with E-state index in [0.29, 0.717) is 17.6 Å². The Morgan fingerprint density at radius 2 is 1.71 bits per heavy atom. The van der Waals surface area contributed by atoms with E-state index in [0.717, 1.165) is 6.42 Å². The minimum absolute atomic E-state index is 0.121. The van der Waals surface area contributed by atoms with Crippen molar-refractivity contribution in [1.82, 2.24) is 0 Å². The predicted octanol–water partition coefficient (Wildman–Crippen LogP) is 3.59. The van der Waals surface area contributed by atoms with Crippen LogP contribution >= 0.6 is 0 Å². The van der Waals surface area contributed by atoms with Crippen molar-refractivity contribution >= 4 is 5.78 Å². The fourth-order valence-corrected chi connectivity index (χ4v) is 3.63. The Hall–Kier alpha value is -0.370. The van der Waals surface area contributed by atoms with Gasteiger partial charge in [-0.15, -0.1) is 0 Å². The summed E-state index contributed by atoms with van der Waals surface area (Å²) in [6, 6.07) is 0. The molecule has 0 aromatic carbocycles. The Kier molecular flexibility index (Phi) is 4.24. The quantitative estimate of drug-likeness (QED) is 0.751. The van der Waals surface area contributed by atoms with Crippen LogP contribution in [0, 0.1) is 17.8 Å². The monoisotopic (exact) mass is 238 g/mol. The number of carbonyl (C=O) groups excluding carboxylic acids is 1. The van der Waals surface area contributed by atoms with Crippen molar-refractivity contribution in [1.29, 1.82) is 0 Å². The molecular weight excluding hydrogens is 212 g/mol. The number of hydrogen-bond donors (Lipinski definition) is 0. The lowest BCUT2D eigenvalue weighted by Gasteiger charge is -2.24. The maximum atomic E-state index is 12.4. The fraction of sp³-hybridized carbons (Fsp3) is 0.933. The summed E-state index contributed by atoms with van der Waals surface area (Å²) < 4.78 is 5.78. The summed E-state index contributed by atoms with van der Waals surface area (Å²) >= 11 is 0. The molecule has 1 heterocycles. The first-order chi connectivity index (χ1) is 8.09. The zero-order valence-corrected chi connectivity index (χ0v) is 11.4. The van der Waals surface area contributed by atoms with E-state index < -0.39 is 0 Å². The van der Waals surface area contributed by atoms with E-state index in [1.807, 2.05) is 0 Å². The molecule has 2 nitrogen and oxygen atoms in total. The van der Waals surface area contributed by atoms with Crippen molar-refractivity contribution in [3.63, 3.8) is 0 Å². The molecule has 0 radical (unpaired) electrons. The van der Waals surface area contributed by atoms with Gasteiger partial charge in [0, 0.05) is 12.3 Å². The first-order valence-electron chi connectivity index (χ1n) is 7.27. The van der Waals surface area contributed by atoms with Crippen LogP contribution in [0.5, 0.6) is 0 Å². The molecule has 0 aromatic heterocycles. The summed E-state index contributed by atoms with van der Waals surface area (Å²) in [4.78, 5) is 12.4. The summed E-state index contributed by atoms with van der Waals surface area (Å²) in [6.45, 7) is 6.32. The Morgan fingerprint density at radius 1 is 1.06 bits per heavy atom. The Balaban J connectivity index is 1.90. The van der Waals surface area contributed by atoms with Crippen LogP contribution in [0.15, 0.2) is 0 Å². The maximum absolute atomic E-state index is 12.4. The topological polar surface area (TPSA) is 26.3 Å². The molecule has 1 aliphatic heterocycles. The van der Waals surface area contributed by atoms with Crippen LogP contribution in [-0.4, -0.2) is 18.0 Å². The number of hydrogen-bond acceptors (Lipinski definition) is 2. The van der Waals surface area contributed by atoms with E-state index >= 15 is 0 Å². The first kappa shape index (κ1) is 13.1.